The van der Waals surface area contributed by atoms with E-state index in [1.54, 1.807) is 0 Å². The van der Waals surface area contributed by atoms with Crippen LogP contribution in [-0.4, -0.2) is 24.6 Å². The van der Waals surface area contributed by atoms with Crippen LogP contribution in [0.25, 0.3) is 0 Å². The van der Waals surface area contributed by atoms with Gasteiger partial charge in [0.2, 0.25) is 0 Å². The lowest BCUT2D eigenvalue weighted by molar-refractivity contribution is 0.603. The van der Waals surface area contributed by atoms with E-state index in [4.69, 9.17) is 4.98 Å². The van der Waals surface area contributed by atoms with E-state index in [1.807, 2.05) is 11.3 Å². The van der Waals surface area contributed by atoms with Crippen molar-refractivity contribution in [1.29, 1.82) is 0 Å². The van der Waals surface area contributed by atoms with Gasteiger partial charge in [0.25, 0.3) is 0 Å². The van der Waals surface area contributed by atoms with Crippen LogP contribution in [0.2, 0.25) is 0 Å². The molecular formula is C16H27N3S. The number of rotatable bonds is 8. The van der Waals surface area contributed by atoms with Crippen LogP contribution in [0.5, 0.6) is 0 Å². The Balaban J connectivity index is 1.73. The van der Waals surface area contributed by atoms with Crippen LogP contribution in [0.1, 0.15) is 56.1 Å². The van der Waals surface area contributed by atoms with E-state index >= 15 is 0 Å². The van der Waals surface area contributed by atoms with E-state index in [1.165, 1.54) is 54.5 Å². The molecule has 3 nitrogen and oxygen atoms in total. The fraction of sp³-hybridized carbons (Fsp3) is 0.812. The van der Waals surface area contributed by atoms with Gasteiger partial charge in [-0.25, -0.2) is 4.98 Å². The number of anilines is 1. The Kier molecular flexibility index (Phi) is 4.32. The van der Waals surface area contributed by atoms with Crippen molar-refractivity contribution in [3.63, 3.8) is 0 Å². The molecule has 0 aromatic carbocycles. The molecular weight excluding hydrogens is 266 g/mol. The third-order valence-corrected chi connectivity index (χ3v) is 5.75. The highest BCUT2D eigenvalue weighted by atomic mass is 32.1. The molecule has 0 radical (unpaired) electrons. The minimum absolute atomic E-state index is 0.426. The molecule has 4 heteroatoms. The average Bonchev–Trinajstić information content (AvgIpc) is 3.32. The van der Waals surface area contributed by atoms with Gasteiger partial charge >= 0.3 is 0 Å². The predicted octanol–water partition coefficient (Wildman–Crippen LogP) is 3.75. The van der Waals surface area contributed by atoms with Crippen molar-refractivity contribution in [3.8, 4) is 0 Å². The lowest BCUT2D eigenvalue weighted by atomic mass is 10.2. The second-order valence-electron chi connectivity index (χ2n) is 6.52. The zero-order valence-electron chi connectivity index (χ0n) is 13.0. The lowest BCUT2D eigenvalue weighted by Gasteiger charge is -2.21. The molecule has 0 amide bonds. The van der Waals surface area contributed by atoms with Crippen molar-refractivity contribution in [2.24, 2.45) is 11.8 Å². The fourth-order valence-electron chi connectivity index (χ4n) is 2.78. The van der Waals surface area contributed by atoms with Gasteiger partial charge in [0.1, 0.15) is 0 Å². The number of aromatic nitrogens is 1. The fourth-order valence-corrected chi connectivity index (χ4v) is 3.90. The van der Waals surface area contributed by atoms with Crippen LogP contribution in [0, 0.1) is 18.8 Å². The molecule has 1 aromatic rings. The summed E-state index contributed by atoms with van der Waals surface area (Å²) < 4.78 is 0. The topological polar surface area (TPSA) is 28.2 Å². The van der Waals surface area contributed by atoms with Crippen LogP contribution in [0.15, 0.2) is 0 Å². The normalized spacial score (nSPS) is 20.1. The van der Waals surface area contributed by atoms with Gasteiger partial charge in [-0.2, -0.15) is 0 Å². The molecule has 112 valence electrons. The van der Waals surface area contributed by atoms with E-state index in [0.29, 0.717) is 6.04 Å². The van der Waals surface area contributed by atoms with Crippen molar-refractivity contribution in [1.82, 2.24) is 10.3 Å². The number of hydrogen-bond acceptors (Lipinski definition) is 4. The zero-order valence-corrected chi connectivity index (χ0v) is 13.8. The highest BCUT2D eigenvalue weighted by Gasteiger charge is 2.31. The first-order chi connectivity index (χ1) is 9.67. The lowest BCUT2D eigenvalue weighted by Crippen LogP contribution is -2.27. The maximum Gasteiger partial charge on any atom is 0.185 e. The first kappa shape index (κ1) is 14.3. The number of nitrogens with one attached hydrogen (secondary N) is 1. The van der Waals surface area contributed by atoms with Crippen molar-refractivity contribution >= 4 is 16.5 Å². The maximum absolute atomic E-state index is 4.88. The molecule has 2 saturated carbocycles. The Hall–Kier alpha value is -0.610. The van der Waals surface area contributed by atoms with Crippen LogP contribution in [0.3, 0.4) is 0 Å². The largest absolute Gasteiger partial charge is 0.348 e. The third kappa shape index (κ3) is 3.53. The number of hydrogen-bond donors (Lipinski definition) is 1. The minimum atomic E-state index is 0.426. The first-order valence-electron chi connectivity index (χ1n) is 8.13. The average molecular weight is 293 g/mol. The maximum atomic E-state index is 4.88. The summed E-state index contributed by atoms with van der Waals surface area (Å²) in [7, 11) is 0. The van der Waals surface area contributed by atoms with Crippen LogP contribution < -0.4 is 10.2 Å². The van der Waals surface area contributed by atoms with Gasteiger partial charge in [-0.15, -0.1) is 11.3 Å². The molecule has 1 heterocycles. The van der Waals surface area contributed by atoms with Gasteiger partial charge in [-0.05, 0) is 57.9 Å². The van der Waals surface area contributed by atoms with Crippen molar-refractivity contribution in [2.45, 2.75) is 52.5 Å². The van der Waals surface area contributed by atoms with Gasteiger partial charge in [-0.3, -0.25) is 0 Å². The van der Waals surface area contributed by atoms with Crippen LogP contribution >= 0.6 is 11.3 Å². The van der Waals surface area contributed by atoms with Crippen molar-refractivity contribution in [2.75, 3.05) is 24.5 Å². The molecule has 1 atom stereocenters. The molecule has 2 aliphatic carbocycles. The van der Waals surface area contributed by atoms with Crippen molar-refractivity contribution < 1.29 is 0 Å². The Bertz CT molecular complexity index is 435. The second kappa shape index (κ2) is 6.02. The summed E-state index contributed by atoms with van der Waals surface area (Å²) in [5, 5.41) is 4.78. The first-order valence-corrected chi connectivity index (χ1v) is 8.94. The molecule has 0 spiro atoms. The minimum Gasteiger partial charge on any atom is -0.348 e. The molecule has 0 aliphatic heterocycles. The van der Waals surface area contributed by atoms with Gasteiger partial charge < -0.3 is 10.2 Å². The molecule has 0 saturated heterocycles. The van der Waals surface area contributed by atoms with E-state index in [0.717, 1.165) is 18.4 Å². The standard InChI is InChI=1S/C16H27N3S/c1-4-17-11(2)15-12(3)18-16(20-15)19(9-13-5-6-13)10-14-7-8-14/h11,13-14,17H,4-10H2,1-3H3. The summed E-state index contributed by atoms with van der Waals surface area (Å²) in [6, 6.07) is 0.426. The van der Waals surface area contributed by atoms with E-state index in [-0.39, 0.29) is 0 Å². The molecule has 0 bridgehead atoms. The number of thiazole rings is 1. The number of aryl methyl sites for hydroxylation is 1. The smallest absolute Gasteiger partial charge is 0.185 e. The Morgan fingerprint density at radius 1 is 1.25 bits per heavy atom. The molecule has 3 rings (SSSR count). The van der Waals surface area contributed by atoms with Crippen LogP contribution in [-0.2, 0) is 0 Å². The van der Waals surface area contributed by atoms with E-state index in [2.05, 4.69) is 31.0 Å². The summed E-state index contributed by atoms with van der Waals surface area (Å²) >= 11 is 1.91. The van der Waals surface area contributed by atoms with Gasteiger partial charge in [-0.1, -0.05) is 6.92 Å². The quantitative estimate of drug-likeness (QED) is 0.791. The van der Waals surface area contributed by atoms with Gasteiger partial charge in [0.05, 0.1) is 5.69 Å². The SMILES string of the molecule is CCNC(C)c1sc(N(CC2CC2)CC2CC2)nc1C. The van der Waals surface area contributed by atoms with E-state index in [9.17, 15) is 0 Å². The summed E-state index contributed by atoms with van der Waals surface area (Å²) in [6.45, 7) is 10.1. The predicted molar refractivity (Wildman–Crippen MR) is 86.6 cm³/mol. The monoisotopic (exact) mass is 293 g/mol. The van der Waals surface area contributed by atoms with Crippen molar-refractivity contribution in [3.05, 3.63) is 10.6 Å². The van der Waals surface area contributed by atoms with E-state index < -0.39 is 0 Å². The Labute approximate surface area is 126 Å². The van der Waals surface area contributed by atoms with Gasteiger partial charge in [0.15, 0.2) is 5.13 Å². The summed E-state index contributed by atoms with van der Waals surface area (Å²) in [5.74, 6) is 1.88. The van der Waals surface area contributed by atoms with Crippen LogP contribution in [0.4, 0.5) is 5.13 Å². The molecule has 2 fully saturated rings. The second-order valence-corrected chi connectivity index (χ2v) is 7.53. The highest BCUT2D eigenvalue weighted by Crippen LogP contribution is 2.38. The molecule has 1 aromatic heterocycles. The zero-order chi connectivity index (χ0) is 14.1. The Morgan fingerprint density at radius 2 is 1.85 bits per heavy atom. The molecule has 2 aliphatic rings. The summed E-state index contributed by atoms with van der Waals surface area (Å²) in [4.78, 5) is 8.87. The molecule has 20 heavy (non-hydrogen) atoms. The molecule has 1 unspecified atom stereocenters. The summed E-state index contributed by atoms with van der Waals surface area (Å²) in [6.07, 6.45) is 5.69. The Morgan fingerprint density at radius 3 is 2.35 bits per heavy atom. The third-order valence-electron chi connectivity index (χ3n) is 4.35. The van der Waals surface area contributed by atoms with Gasteiger partial charge in [0, 0.05) is 24.0 Å². The highest BCUT2D eigenvalue weighted by molar-refractivity contribution is 7.15. The summed E-state index contributed by atoms with van der Waals surface area (Å²) in [5.41, 5.74) is 1.22. The number of nitrogens with zero attached hydrogens (tertiary/aromatic N) is 2. The molecule has 1 N–H and O–H groups in total.